The molecule has 126 valence electrons. The molecule has 0 aliphatic rings. The van der Waals surface area contributed by atoms with Crippen molar-refractivity contribution in [2.75, 3.05) is 10.6 Å². The van der Waals surface area contributed by atoms with Crippen LogP contribution in [0.15, 0.2) is 59.5 Å². The Morgan fingerprint density at radius 2 is 1.96 bits per heavy atom. The number of anilines is 3. The Morgan fingerprint density at radius 1 is 1.12 bits per heavy atom. The second-order valence-corrected chi connectivity index (χ2v) is 6.17. The summed E-state index contributed by atoms with van der Waals surface area (Å²) in [5.41, 5.74) is 3.04. The molecule has 0 saturated carbocycles. The Morgan fingerprint density at radius 3 is 2.68 bits per heavy atom. The van der Waals surface area contributed by atoms with Gasteiger partial charge in [-0.3, -0.25) is 14.8 Å². The number of pyridine rings is 2. The third-order valence-corrected chi connectivity index (χ3v) is 4.08. The molecule has 2 N–H and O–H groups in total. The number of hydrogen-bond donors (Lipinski definition) is 2. The van der Waals surface area contributed by atoms with E-state index in [-0.39, 0.29) is 5.56 Å². The normalized spacial score (nSPS) is 10.4. The Labute approximate surface area is 152 Å². The van der Waals surface area contributed by atoms with Crippen molar-refractivity contribution in [1.82, 2.24) is 9.97 Å². The molecule has 0 saturated heterocycles. The Kier molecular flexibility index (Phi) is 5.04. The number of aryl methyl sites for hydroxylation is 1. The zero-order chi connectivity index (χ0) is 17.8. The van der Waals surface area contributed by atoms with Crippen LogP contribution in [0.4, 0.5) is 21.5 Å². The van der Waals surface area contributed by atoms with Crippen LogP contribution in [0.2, 0.25) is 0 Å². The topological polar surface area (TPSA) is 66.9 Å². The van der Waals surface area contributed by atoms with Gasteiger partial charge in [-0.1, -0.05) is 0 Å². The maximum atomic E-state index is 13.6. The van der Waals surface area contributed by atoms with Gasteiger partial charge in [0.05, 0.1) is 33.9 Å². The van der Waals surface area contributed by atoms with Gasteiger partial charge in [0.25, 0.3) is 5.91 Å². The average molecular weight is 401 g/mol. The van der Waals surface area contributed by atoms with E-state index in [0.29, 0.717) is 15.8 Å². The van der Waals surface area contributed by atoms with Gasteiger partial charge in [-0.15, -0.1) is 0 Å². The van der Waals surface area contributed by atoms with E-state index in [1.165, 1.54) is 12.1 Å². The van der Waals surface area contributed by atoms with Crippen LogP contribution in [0.3, 0.4) is 0 Å². The van der Waals surface area contributed by atoms with Gasteiger partial charge in [0.15, 0.2) is 0 Å². The van der Waals surface area contributed by atoms with Crippen LogP contribution in [0, 0.1) is 12.7 Å². The zero-order valence-corrected chi connectivity index (χ0v) is 14.8. The molecule has 7 heteroatoms. The van der Waals surface area contributed by atoms with Gasteiger partial charge in [-0.25, -0.2) is 4.39 Å². The summed E-state index contributed by atoms with van der Waals surface area (Å²) in [5.74, 6) is -0.908. The number of carbonyl (C=O) groups excluding carboxylic acids is 1. The Hall–Kier alpha value is -2.80. The molecule has 3 rings (SSSR count). The molecule has 1 aromatic carbocycles. The highest BCUT2D eigenvalue weighted by Gasteiger charge is 2.11. The van der Waals surface area contributed by atoms with Gasteiger partial charge >= 0.3 is 0 Å². The van der Waals surface area contributed by atoms with E-state index in [4.69, 9.17) is 0 Å². The maximum absolute atomic E-state index is 13.6. The number of nitrogens with zero attached hydrogens (tertiary/aromatic N) is 2. The summed E-state index contributed by atoms with van der Waals surface area (Å²) in [6.07, 6.45) is 4.85. The quantitative estimate of drug-likeness (QED) is 0.666. The van der Waals surface area contributed by atoms with Crippen LogP contribution in [-0.4, -0.2) is 15.9 Å². The van der Waals surface area contributed by atoms with Gasteiger partial charge in [-0.05, 0) is 59.3 Å². The molecule has 2 aromatic heterocycles. The molecule has 25 heavy (non-hydrogen) atoms. The van der Waals surface area contributed by atoms with E-state index < -0.39 is 11.7 Å². The van der Waals surface area contributed by atoms with Gasteiger partial charge in [0, 0.05) is 17.5 Å². The number of rotatable bonds is 4. The van der Waals surface area contributed by atoms with Gasteiger partial charge in [0.2, 0.25) is 0 Å². The lowest BCUT2D eigenvalue weighted by atomic mass is 10.2. The molecule has 0 fully saturated rings. The van der Waals surface area contributed by atoms with Crippen LogP contribution in [0.1, 0.15) is 16.1 Å². The highest BCUT2D eigenvalue weighted by Crippen LogP contribution is 2.25. The minimum atomic E-state index is -0.494. The number of carbonyl (C=O) groups is 1. The van der Waals surface area contributed by atoms with Crippen molar-refractivity contribution < 1.29 is 9.18 Å². The van der Waals surface area contributed by atoms with Gasteiger partial charge in [-0.2, -0.15) is 0 Å². The third-order valence-electron chi connectivity index (χ3n) is 3.44. The van der Waals surface area contributed by atoms with Crippen molar-refractivity contribution in [1.29, 1.82) is 0 Å². The lowest BCUT2D eigenvalue weighted by molar-refractivity contribution is 0.102. The summed E-state index contributed by atoms with van der Waals surface area (Å²) >= 11 is 3.07. The van der Waals surface area contributed by atoms with E-state index in [1.54, 1.807) is 30.7 Å². The maximum Gasteiger partial charge on any atom is 0.255 e. The molecule has 3 aromatic rings. The van der Waals surface area contributed by atoms with Crippen molar-refractivity contribution in [3.05, 3.63) is 76.5 Å². The monoisotopic (exact) mass is 400 g/mol. The van der Waals surface area contributed by atoms with Crippen molar-refractivity contribution >= 4 is 38.9 Å². The molecule has 0 unspecified atom stereocenters. The molecule has 0 bridgehead atoms. The summed E-state index contributed by atoms with van der Waals surface area (Å²) in [6, 6.07) is 9.63. The van der Waals surface area contributed by atoms with E-state index in [1.807, 2.05) is 19.1 Å². The zero-order valence-electron chi connectivity index (χ0n) is 13.3. The first kappa shape index (κ1) is 17.0. The lowest BCUT2D eigenvalue weighted by Gasteiger charge is -2.12. The van der Waals surface area contributed by atoms with Crippen LogP contribution in [0.5, 0.6) is 0 Å². The second-order valence-electron chi connectivity index (χ2n) is 5.32. The van der Waals surface area contributed by atoms with Crippen molar-refractivity contribution in [2.45, 2.75) is 6.92 Å². The minimum Gasteiger partial charge on any atom is -0.351 e. The largest absolute Gasteiger partial charge is 0.351 e. The summed E-state index contributed by atoms with van der Waals surface area (Å²) in [5, 5.41) is 5.92. The predicted molar refractivity (Wildman–Crippen MR) is 98.5 cm³/mol. The summed E-state index contributed by atoms with van der Waals surface area (Å²) in [7, 11) is 0. The van der Waals surface area contributed by atoms with E-state index in [2.05, 4.69) is 36.5 Å². The number of nitrogens with one attached hydrogen (secondary N) is 2. The first-order chi connectivity index (χ1) is 12.0. The first-order valence-electron chi connectivity index (χ1n) is 7.43. The molecule has 0 spiro atoms. The fraction of sp³-hybridized carbons (Fsp3) is 0.0556. The number of amides is 1. The van der Waals surface area contributed by atoms with Crippen LogP contribution in [-0.2, 0) is 0 Å². The molecular formula is C18H14BrFN4O. The SMILES string of the molecule is Cc1ccc(Nc2cnccc2NC(=O)c2ccc(Br)c(F)c2)cn1. The second kappa shape index (κ2) is 7.40. The Balaban J connectivity index is 1.81. The molecule has 0 atom stereocenters. The van der Waals surface area contributed by atoms with E-state index >= 15 is 0 Å². The van der Waals surface area contributed by atoms with Crippen LogP contribution >= 0.6 is 15.9 Å². The number of hydrogen-bond acceptors (Lipinski definition) is 4. The van der Waals surface area contributed by atoms with Crippen LogP contribution in [0.25, 0.3) is 0 Å². The standard InChI is InChI=1S/C18H14BrFN4O/c1-11-2-4-13(9-22-11)23-17-10-21-7-6-16(17)24-18(25)12-3-5-14(19)15(20)8-12/h2-10,23H,1H3,(H,21,24,25). The molecule has 0 radical (unpaired) electrons. The minimum absolute atomic E-state index is 0.223. The fourth-order valence-corrected chi connectivity index (χ4v) is 2.38. The average Bonchev–Trinajstić information content (AvgIpc) is 2.61. The van der Waals surface area contributed by atoms with Crippen molar-refractivity contribution in [2.24, 2.45) is 0 Å². The highest BCUT2D eigenvalue weighted by molar-refractivity contribution is 9.10. The highest BCUT2D eigenvalue weighted by atomic mass is 79.9. The number of halogens is 2. The lowest BCUT2D eigenvalue weighted by Crippen LogP contribution is -2.13. The van der Waals surface area contributed by atoms with Gasteiger partial charge < -0.3 is 10.6 Å². The molecular weight excluding hydrogens is 387 g/mol. The smallest absolute Gasteiger partial charge is 0.255 e. The Bertz CT molecular complexity index is 915. The summed E-state index contributed by atoms with van der Waals surface area (Å²) in [4.78, 5) is 20.7. The fourth-order valence-electron chi connectivity index (χ4n) is 2.13. The summed E-state index contributed by atoms with van der Waals surface area (Å²) in [6.45, 7) is 1.90. The van der Waals surface area contributed by atoms with E-state index in [9.17, 15) is 9.18 Å². The molecule has 0 aliphatic heterocycles. The number of benzene rings is 1. The van der Waals surface area contributed by atoms with E-state index in [0.717, 1.165) is 11.4 Å². The number of aromatic nitrogens is 2. The predicted octanol–water partition coefficient (Wildman–Crippen LogP) is 4.68. The van der Waals surface area contributed by atoms with Crippen molar-refractivity contribution in [3.8, 4) is 0 Å². The van der Waals surface area contributed by atoms with Crippen LogP contribution < -0.4 is 10.6 Å². The van der Waals surface area contributed by atoms with Crippen molar-refractivity contribution in [3.63, 3.8) is 0 Å². The first-order valence-corrected chi connectivity index (χ1v) is 8.22. The molecule has 0 aliphatic carbocycles. The molecule has 1 amide bonds. The summed E-state index contributed by atoms with van der Waals surface area (Å²) < 4.78 is 13.9. The van der Waals surface area contributed by atoms with Gasteiger partial charge in [0.1, 0.15) is 5.82 Å². The molecule has 2 heterocycles. The third kappa shape index (κ3) is 4.19. The molecule has 5 nitrogen and oxygen atoms in total.